The molecule has 0 fully saturated rings. The summed E-state index contributed by atoms with van der Waals surface area (Å²) in [6, 6.07) is 0. The molecule has 0 aliphatic heterocycles. The molecule has 0 bridgehead atoms. The normalized spacial score (nSPS) is 13.8. The highest BCUT2D eigenvalue weighted by Crippen LogP contribution is 2.15. The highest BCUT2D eigenvalue weighted by molar-refractivity contribution is 5.12. The molecule has 0 saturated carbocycles. The van der Waals surface area contributed by atoms with E-state index in [9.17, 15) is 0 Å². The molecule has 0 aromatic rings. The first-order valence-electron chi connectivity index (χ1n) is 4.28. The number of rotatable bonds is 5. The lowest BCUT2D eigenvalue weighted by Gasteiger charge is -2.08. The highest BCUT2D eigenvalue weighted by atomic mass is 14.1. The minimum atomic E-state index is 0.458. The van der Waals surface area contributed by atoms with Gasteiger partial charge in [0.2, 0.25) is 0 Å². The molecule has 1 atom stereocenters. The average Bonchev–Trinajstić information content (AvgIpc) is 2.04. The van der Waals surface area contributed by atoms with Gasteiger partial charge in [-0.25, -0.2) is 0 Å². The predicted octanol–water partition coefficient (Wildman–Crippen LogP) is 3.89. The van der Waals surface area contributed by atoms with Gasteiger partial charge in [-0.3, -0.25) is 0 Å². The van der Waals surface area contributed by atoms with E-state index in [0.29, 0.717) is 5.92 Å². The second kappa shape index (κ2) is 6.66. The molecule has 0 spiro atoms. The summed E-state index contributed by atoms with van der Waals surface area (Å²) >= 11 is 0. The molecule has 0 aromatic carbocycles. The van der Waals surface area contributed by atoms with E-state index in [4.69, 9.17) is 0 Å². The summed E-state index contributed by atoms with van der Waals surface area (Å²) in [7, 11) is 0. The molecule has 0 aliphatic carbocycles. The van der Waals surface area contributed by atoms with Crippen LogP contribution in [-0.4, -0.2) is 0 Å². The van der Waals surface area contributed by atoms with Gasteiger partial charge < -0.3 is 0 Å². The number of hydrogen-bond acceptors (Lipinski definition) is 0. The van der Waals surface area contributed by atoms with Crippen molar-refractivity contribution in [2.75, 3.05) is 0 Å². The van der Waals surface area contributed by atoms with Crippen molar-refractivity contribution in [1.29, 1.82) is 0 Å². The molecule has 66 valence electrons. The van der Waals surface area contributed by atoms with Gasteiger partial charge in [0, 0.05) is 5.92 Å². The fourth-order valence-electron chi connectivity index (χ4n) is 0.939. The highest BCUT2D eigenvalue weighted by Gasteiger charge is 2.00. The summed E-state index contributed by atoms with van der Waals surface area (Å²) in [5.74, 6) is 0.458. The Morgan fingerprint density at radius 2 is 2.17 bits per heavy atom. The van der Waals surface area contributed by atoms with Crippen molar-refractivity contribution in [2.45, 2.75) is 20.3 Å². The molecule has 12 heavy (non-hydrogen) atoms. The average molecular weight is 162 g/mol. The van der Waals surface area contributed by atoms with Gasteiger partial charge >= 0.3 is 0 Å². The van der Waals surface area contributed by atoms with Crippen LogP contribution in [0.2, 0.25) is 0 Å². The lowest BCUT2D eigenvalue weighted by molar-refractivity contribution is 0.778. The Balaban J connectivity index is 4.12. The van der Waals surface area contributed by atoms with E-state index < -0.39 is 0 Å². The Morgan fingerprint density at radius 1 is 1.50 bits per heavy atom. The SMILES string of the molecule is C=CC=CC(CC=CC)C(=C)C. The molecule has 0 amide bonds. The Hall–Kier alpha value is -1.04. The number of hydrogen-bond donors (Lipinski definition) is 0. The van der Waals surface area contributed by atoms with Crippen LogP contribution in [0.4, 0.5) is 0 Å². The Labute approximate surface area is 76.0 Å². The van der Waals surface area contributed by atoms with Crippen molar-refractivity contribution in [1.82, 2.24) is 0 Å². The quantitative estimate of drug-likeness (QED) is 0.425. The van der Waals surface area contributed by atoms with Crippen LogP contribution in [0, 0.1) is 5.92 Å². The second-order valence-corrected chi connectivity index (χ2v) is 2.88. The van der Waals surface area contributed by atoms with Gasteiger partial charge in [0.05, 0.1) is 0 Å². The van der Waals surface area contributed by atoms with E-state index >= 15 is 0 Å². The van der Waals surface area contributed by atoms with Crippen LogP contribution in [0.5, 0.6) is 0 Å². The molecule has 0 heteroatoms. The van der Waals surface area contributed by atoms with Crippen molar-refractivity contribution in [3.63, 3.8) is 0 Å². The van der Waals surface area contributed by atoms with Gasteiger partial charge in [0.15, 0.2) is 0 Å². The van der Waals surface area contributed by atoms with Crippen molar-refractivity contribution in [3.05, 3.63) is 49.1 Å². The molecule has 0 N–H and O–H groups in total. The van der Waals surface area contributed by atoms with Crippen LogP contribution in [-0.2, 0) is 0 Å². The summed E-state index contributed by atoms with van der Waals surface area (Å²) in [6.07, 6.45) is 11.2. The lowest BCUT2D eigenvalue weighted by Crippen LogP contribution is -1.94. The molecule has 0 rings (SSSR count). The van der Waals surface area contributed by atoms with Gasteiger partial charge in [0.25, 0.3) is 0 Å². The lowest BCUT2D eigenvalue weighted by atomic mass is 9.97. The molecule has 0 radical (unpaired) electrons. The van der Waals surface area contributed by atoms with Crippen molar-refractivity contribution in [3.8, 4) is 0 Å². The summed E-state index contributed by atoms with van der Waals surface area (Å²) in [5, 5.41) is 0. The van der Waals surface area contributed by atoms with Crippen LogP contribution >= 0.6 is 0 Å². The van der Waals surface area contributed by atoms with Crippen LogP contribution in [0.15, 0.2) is 49.1 Å². The van der Waals surface area contributed by atoms with E-state index in [0.717, 1.165) is 6.42 Å². The monoisotopic (exact) mass is 162 g/mol. The standard InChI is InChI=1S/C12H18/c1-5-7-9-12(11(3)4)10-8-6-2/h5-9,12H,1,3,10H2,2,4H3. The molecule has 0 nitrogen and oxygen atoms in total. The van der Waals surface area contributed by atoms with Gasteiger partial charge in [-0.15, -0.1) is 0 Å². The smallest absolute Gasteiger partial charge is 0.000889 e. The van der Waals surface area contributed by atoms with Crippen LogP contribution in [0.3, 0.4) is 0 Å². The predicted molar refractivity (Wildman–Crippen MR) is 57.1 cm³/mol. The van der Waals surface area contributed by atoms with E-state index in [1.54, 1.807) is 6.08 Å². The maximum atomic E-state index is 3.94. The van der Waals surface area contributed by atoms with Gasteiger partial charge in [-0.1, -0.05) is 49.1 Å². The van der Waals surface area contributed by atoms with Crippen molar-refractivity contribution >= 4 is 0 Å². The van der Waals surface area contributed by atoms with Gasteiger partial charge in [0.1, 0.15) is 0 Å². The minimum absolute atomic E-state index is 0.458. The van der Waals surface area contributed by atoms with E-state index in [2.05, 4.69) is 38.3 Å². The topological polar surface area (TPSA) is 0 Å². The molecule has 1 unspecified atom stereocenters. The zero-order chi connectivity index (χ0) is 9.40. The Morgan fingerprint density at radius 3 is 2.58 bits per heavy atom. The number of allylic oxidation sites excluding steroid dienone is 6. The third-order valence-corrected chi connectivity index (χ3v) is 1.74. The maximum Gasteiger partial charge on any atom is 0.000889 e. The van der Waals surface area contributed by atoms with Gasteiger partial charge in [-0.05, 0) is 20.3 Å². The first-order valence-corrected chi connectivity index (χ1v) is 4.28. The fraction of sp³-hybridized carbons (Fsp3) is 0.333. The Kier molecular flexibility index (Phi) is 6.08. The van der Waals surface area contributed by atoms with Gasteiger partial charge in [-0.2, -0.15) is 0 Å². The summed E-state index contributed by atoms with van der Waals surface area (Å²) < 4.78 is 0. The summed E-state index contributed by atoms with van der Waals surface area (Å²) in [4.78, 5) is 0. The van der Waals surface area contributed by atoms with Crippen LogP contribution in [0.1, 0.15) is 20.3 Å². The first-order chi connectivity index (χ1) is 5.72. The van der Waals surface area contributed by atoms with E-state index in [-0.39, 0.29) is 0 Å². The van der Waals surface area contributed by atoms with Crippen LogP contribution in [0.25, 0.3) is 0 Å². The fourth-order valence-corrected chi connectivity index (χ4v) is 0.939. The van der Waals surface area contributed by atoms with Crippen LogP contribution < -0.4 is 0 Å². The summed E-state index contributed by atoms with van der Waals surface area (Å²) in [6.45, 7) is 11.7. The zero-order valence-corrected chi connectivity index (χ0v) is 8.09. The molecular weight excluding hydrogens is 144 g/mol. The minimum Gasteiger partial charge on any atom is -0.0995 e. The largest absolute Gasteiger partial charge is 0.0995 e. The third-order valence-electron chi connectivity index (χ3n) is 1.74. The van der Waals surface area contributed by atoms with E-state index in [1.165, 1.54) is 5.57 Å². The van der Waals surface area contributed by atoms with E-state index in [1.807, 2.05) is 13.0 Å². The third kappa shape index (κ3) is 4.73. The zero-order valence-electron chi connectivity index (χ0n) is 8.09. The van der Waals surface area contributed by atoms with Crippen molar-refractivity contribution in [2.24, 2.45) is 5.92 Å². The second-order valence-electron chi connectivity index (χ2n) is 2.88. The first kappa shape index (κ1) is 11.0. The molecule has 0 aromatic heterocycles. The maximum absolute atomic E-state index is 3.94. The van der Waals surface area contributed by atoms with Crippen molar-refractivity contribution < 1.29 is 0 Å². The molecule has 0 aliphatic rings. The molecular formula is C12H18. The summed E-state index contributed by atoms with van der Waals surface area (Å²) in [5.41, 5.74) is 1.20. The molecule has 0 saturated heterocycles. The molecule has 0 heterocycles. The Bertz CT molecular complexity index is 194.